The predicted molar refractivity (Wildman–Crippen MR) is 94.1 cm³/mol. The van der Waals surface area contributed by atoms with Gasteiger partial charge in [-0.05, 0) is 34.0 Å². The number of aliphatic hydroxyl groups is 1. The van der Waals surface area contributed by atoms with Crippen molar-refractivity contribution in [2.24, 2.45) is 0 Å². The first-order chi connectivity index (χ1) is 11.6. The number of benzene rings is 1. The lowest BCUT2D eigenvalue weighted by molar-refractivity contribution is 0.173. The van der Waals surface area contributed by atoms with Gasteiger partial charge in [-0.2, -0.15) is 11.3 Å². The van der Waals surface area contributed by atoms with Crippen LogP contribution in [0.2, 0.25) is 0 Å². The smallest absolute Gasteiger partial charge is 0.315 e. The van der Waals surface area contributed by atoms with Crippen LogP contribution in [0, 0.1) is 0 Å². The molecule has 1 unspecified atom stereocenters. The molecule has 0 aliphatic carbocycles. The number of aromatic nitrogens is 1. The summed E-state index contributed by atoms with van der Waals surface area (Å²) >= 11 is 1.49. The standard InChI is InChI=1S/C17H17N3O3S/c21-15(11-5-6-24-10-11)9-19-17(23)18-8-12-7-16(22)20-14-4-2-1-3-13(12)14/h1-7,10,15,21H,8-9H2,(H,20,22)(H2,18,19,23). The molecule has 6 nitrogen and oxygen atoms in total. The van der Waals surface area contributed by atoms with Crippen LogP contribution in [0.4, 0.5) is 4.79 Å². The van der Waals surface area contributed by atoms with Gasteiger partial charge in [-0.3, -0.25) is 4.79 Å². The van der Waals surface area contributed by atoms with Crippen molar-refractivity contribution in [2.75, 3.05) is 6.54 Å². The predicted octanol–water partition coefficient (Wildman–Crippen LogP) is 2.12. The summed E-state index contributed by atoms with van der Waals surface area (Å²) in [5.74, 6) is 0. The quantitative estimate of drug-likeness (QED) is 0.571. The molecule has 2 heterocycles. The maximum Gasteiger partial charge on any atom is 0.315 e. The molecule has 0 aliphatic rings. The highest BCUT2D eigenvalue weighted by Crippen LogP contribution is 2.15. The van der Waals surface area contributed by atoms with Crippen molar-refractivity contribution in [3.05, 3.63) is 68.6 Å². The molecule has 0 fully saturated rings. The lowest BCUT2D eigenvalue weighted by Crippen LogP contribution is -2.37. The van der Waals surface area contributed by atoms with E-state index < -0.39 is 12.1 Å². The summed E-state index contributed by atoms with van der Waals surface area (Å²) < 4.78 is 0. The number of hydrogen-bond donors (Lipinski definition) is 4. The Morgan fingerprint density at radius 3 is 2.88 bits per heavy atom. The second-order valence-corrected chi connectivity index (χ2v) is 6.12. The van der Waals surface area contributed by atoms with Gasteiger partial charge in [0.1, 0.15) is 0 Å². The highest BCUT2D eigenvalue weighted by Gasteiger charge is 2.10. The lowest BCUT2D eigenvalue weighted by atomic mass is 10.1. The fraction of sp³-hybridized carbons (Fsp3) is 0.176. The number of carbonyl (C=O) groups excluding carboxylic acids is 1. The molecular weight excluding hydrogens is 326 g/mol. The van der Waals surface area contributed by atoms with Crippen LogP contribution in [0.25, 0.3) is 10.9 Å². The number of aliphatic hydroxyl groups excluding tert-OH is 1. The third-order valence-electron chi connectivity index (χ3n) is 3.66. The normalized spacial score (nSPS) is 12.0. The van der Waals surface area contributed by atoms with Gasteiger partial charge >= 0.3 is 6.03 Å². The number of H-pyrrole nitrogens is 1. The SMILES string of the molecule is O=C(NCc1cc(=O)[nH]c2ccccc12)NCC(O)c1ccsc1. The van der Waals surface area contributed by atoms with Crippen LogP contribution in [-0.2, 0) is 6.54 Å². The zero-order chi connectivity index (χ0) is 16.9. The highest BCUT2D eigenvalue weighted by molar-refractivity contribution is 7.07. The lowest BCUT2D eigenvalue weighted by Gasteiger charge is -2.12. The van der Waals surface area contributed by atoms with E-state index in [9.17, 15) is 14.7 Å². The van der Waals surface area contributed by atoms with Crippen LogP contribution in [0.5, 0.6) is 0 Å². The highest BCUT2D eigenvalue weighted by atomic mass is 32.1. The van der Waals surface area contributed by atoms with Gasteiger partial charge in [-0.25, -0.2) is 4.79 Å². The van der Waals surface area contributed by atoms with Gasteiger partial charge in [0.25, 0.3) is 0 Å². The number of rotatable bonds is 5. The molecule has 0 saturated carbocycles. The Labute approximate surface area is 142 Å². The maximum absolute atomic E-state index is 11.9. The maximum atomic E-state index is 11.9. The molecule has 0 spiro atoms. The summed E-state index contributed by atoms with van der Waals surface area (Å²) in [6, 6.07) is 10.3. The van der Waals surface area contributed by atoms with E-state index in [4.69, 9.17) is 0 Å². The first kappa shape index (κ1) is 16.2. The number of urea groups is 1. The number of nitrogens with one attached hydrogen (secondary N) is 3. The number of amides is 2. The fourth-order valence-electron chi connectivity index (χ4n) is 2.43. The Morgan fingerprint density at radius 1 is 1.25 bits per heavy atom. The Morgan fingerprint density at radius 2 is 2.08 bits per heavy atom. The Bertz CT molecular complexity index is 889. The summed E-state index contributed by atoms with van der Waals surface area (Å²) in [5, 5.41) is 19.9. The van der Waals surface area contributed by atoms with Crippen molar-refractivity contribution in [2.45, 2.75) is 12.6 Å². The molecule has 3 rings (SSSR count). The zero-order valence-electron chi connectivity index (χ0n) is 12.8. The number of fused-ring (bicyclic) bond motifs is 1. The number of hydrogen-bond acceptors (Lipinski definition) is 4. The van der Waals surface area contributed by atoms with Crippen LogP contribution < -0.4 is 16.2 Å². The van der Waals surface area contributed by atoms with E-state index in [1.807, 2.05) is 41.1 Å². The van der Waals surface area contributed by atoms with Crippen LogP contribution in [0.15, 0.2) is 52.0 Å². The first-order valence-electron chi connectivity index (χ1n) is 7.46. The van der Waals surface area contributed by atoms with E-state index in [0.29, 0.717) is 0 Å². The number of aromatic amines is 1. The van der Waals surface area contributed by atoms with Crippen molar-refractivity contribution < 1.29 is 9.90 Å². The topological polar surface area (TPSA) is 94.2 Å². The average Bonchev–Trinajstić information content (AvgIpc) is 3.12. The van der Waals surface area contributed by atoms with E-state index in [1.54, 1.807) is 0 Å². The van der Waals surface area contributed by atoms with Crippen molar-refractivity contribution >= 4 is 28.3 Å². The molecule has 1 aromatic carbocycles. The van der Waals surface area contributed by atoms with Gasteiger partial charge in [0.05, 0.1) is 6.10 Å². The molecular formula is C17H17N3O3S. The first-order valence-corrected chi connectivity index (χ1v) is 8.40. The zero-order valence-corrected chi connectivity index (χ0v) is 13.6. The molecule has 0 radical (unpaired) electrons. The monoisotopic (exact) mass is 343 g/mol. The van der Waals surface area contributed by atoms with E-state index >= 15 is 0 Å². The van der Waals surface area contributed by atoms with Crippen LogP contribution in [-0.4, -0.2) is 22.7 Å². The fourth-order valence-corrected chi connectivity index (χ4v) is 3.14. The average molecular weight is 343 g/mol. The van der Waals surface area contributed by atoms with Gasteiger partial charge in [0.15, 0.2) is 0 Å². The molecule has 0 saturated heterocycles. The number of carbonyl (C=O) groups is 1. The van der Waals surface area contributed by atoms with Crippen molar-refractivity contribution in [1.29, 1.82) is 0 Å². The Balaban J connectivity index is 1.59. The van der Waals surface area contributed by atoms with E-state index in [0.717, 1.165) is 22.0 Å². The van der Waals surface area contributed by atoms with Crippen molar-refractivity contribution in [3.63, 3.8) is 0 Å². The molecule has 0 aliphatic heterocycles. The Kier molecular flexibility index (Phi) is 4.93. The van der Waals surface area contributed by atoms with Gasteiger partial charge < -0.3 is 20.7 Å². The minimum atomic E-state index is -0.734. The molecule has 2 amide bonds. The minimum absolute atomic E-state index is 0.124. The molecule has 24 heavy (non-hydrogen) atoms. The molecule has 0 bridgehead atoms. The van der Waals surface area contributed by atoms with E-state index in [2.05, 4.69) is 15.6 Å². The van der Waals surface area contributed by atoms with Gasteiger partial charge in [0.2, 0.25) is 5.56 Å². The molecule has 2 aromatic heterocycles. The summed E-state index contributed by atoms with van der Waals surface area (Å²) in [7, 11) is 0. The van der Waals surface area contributed by atoms with Gasteiger partial charge in [-0.1, -0.05) is 18.2 Å². The van der Waals surface area contributed by atoms with Crippen molar-refractivity contribution in [1.82, 2.24) is 15.6 Å². The van der Waals surface area contributed by atoms with Gasteiger partial charge in [-0.15, -0.1) is 0 Å². The number of para-hydroxylation sites is 1. The molecule has 4 N–H and O–H groups in total. The second-order valence-electron chi connectivity index (χ2n) is 5.34. The third-order valence-corrected chi connectivity index (χ3v) is 4.36. The summed E-state index contributed by atoms with van der Waals surface area (Å²) in [6.45, 7) is 0.351. The third kappa shape index (κ3) is 3.81. The Hall–Kier alpha value is -2.64. The van der Waals surface area contributed by atoms with Crippen LogP contribution in [0.3, 0.4) is 0 Å². The summed E-state index contributed by atoms with van der Waals surface area (Å²) in [5.41, 5.74) is 2.04. The minimum Gasteiger partial charge on any atom is -0.387 e. The van der Waals surface area contributed by atoms with Crippen LogP contribution >= 0.6 is 11.3 Å². The van der Waals surface area contributed by atoms with Crippen LogP contribution in [0.1, 0.15) is 17.2 Å². The number of pyridine rings is 1. The largest absolute Gasteiger partial charge is 0.387 e. The molecule has 1 atom stereocenters. The molecule has 3 aromatic rings. The second kappa shape index (κ2) is 7.29. The summed E-state index contributed by atoms with van der Waals surface area (Å²) in [4.78, 5) is 26.3. The van der Waals surface area contributed by atoms with Gasteiger partial charge in [0, 0.05) is 30.1 Å². The summed E-state index contributed by atoms with van der Waals surface area (Å²) in [6.07, 6.45) is -0.734. The van der Waals surface area contributed by atoms with Crippen molar-refractivity contribution in [3.8, 4) is 0 Å². The van der Waals surface area contributed by atoms with E-state index in [1.165, 1.54) is 17.4 Å². The van der Waals surface area contributed by atoms with E-state index in [-0.39, 0.29) is 18.6 Å². The number of thiophene rings is 1. The molecule has 7 heteroatoms. The molecule has 124 valence electrons.